The summed E-state index contributed by atoms with van der Waals surface area (Å²) in [5, 5.41) is 15.7. The number of nitrogens with one attached hydrogen (secondary N) is 2. The minimum absolute atomic E-state index is 0.0624. The van der Waals surface area contributed by atoms with Crippen molar-refractivity contribution >= 4 is 23.7 Å². The average Bonchev–Trinajstić information content (AvgIpc) is 3.40. The number of likely N-dealkylation sites (tertiary alicyclic amines) is 1. The molecule has 0 spiro atoms. The van der Waals surface area contributed by atoms with Crippen molar-refractivity contribution in [2.45, 2.75) is 90.9 Å². The molecule has 1 fully saturated rings. The van der Waals surface area contributed by atoms with Gasteiger partial charge in [0, 0.05) is 31.6 Å². The number of carbonyl (C=O) groups is 4. The van der Waals surface area contributed by atoms with Gasteiger partial charge in [0.15, 0.2) is 0 Å². The van der Waals surface area contributed by atoms with E-state index in [1.54, 1.807) is 19.0 Å². The van der Waals surface area contributed by atoms with Crippen LogP contribution in [0, 0.1) is 11.3 Å². The Hall–Kier alpha value is -2.98. The molecular formula is C32H53N5O5. The zero-order chi connectivity index (χ0) is 32.0. The number of nitrogens with zero attached hydrogens (tertiary/aromatic N) is 3. The molecule has 0 aromatic heterocycles. The second kappa shape index (κ2) is 14.5. The molecule has 236 valence electrons. The molecule has 0 bridgehead atoms. The van der Waals surface area contributed by atoms with Crippen LogP contribution in [-0.4, -0.2) is 108 Å². The second-order valence-corrected chi connectivity index (χ2v) is 13.7. The summed E-state index contributed by atoms with van der Waals surface area (Å²) in [6.45, 7) is 14.8. The zero-order valence-corrected chi connectivity index (χ0v) is 27.2. The van der Waals surface area contributed by atoms with E-state index in [0.29, 0.717) is 25.9 Å². The lowest BCUT2D eigenvalue weighted by atomic mass is 9.76. The molecule has 1 heterocycles. The maximum Gasteiger partial charge on any atom is 0.326 e. The van der Waals surface area contributed by atoms with Gasteiger partial charge in [0.25, 0.3) is 0 Å². The third kappa shape index (κ3) is 8.53. The maximum atomic E-state index is 14.1. The Morgan fingerprint density at radius 1 is 1.02 bits per heavy atom. The predicted molar refractivity (Wildman–Crippen MR) is 165 cm³/mol. The fourth-order valence-electron chi connectivity index (χ4n) is 5.90. The molecule has 3 N–H and O–H groups in total. The van der Waals surface area contributed by atoms with Crippen LogP contribution in [0.15, 0.2) is 30.3 Å². The predicted octanol–water partition coefficient (Wildman–Crippen LogP) is 2.57. The van der Waals surface area contributed by atoms with E-state index < -0.39 is 34.9 Å². The van der Waals surface area contributed by atoms with E-state index >= 15 is 0 Å². The standard InChI is InChI=1S/C32H53N5O5/c1-21(2)24(19-35(9)20-25(38)37-18-14-17-23(37)30(41)42)36(10)29(40)27(31(3,4)5)34-28(39)26(33-8)32(6,7)22-15-12-11-13-16-22/h11-13,15-16,21,23-24,26-27,33H,14,17-20H2,1-10H3,(H,34,39)(H,41,42)/t23?,24-,26-,27?/m1/s1. The van der Waals surface area contributed by atoms with E-state index in [1.165, 1.54) is 4.90 Å². The van der Waals surface area contributed by atoms with Gasteiger partial charge in [-0.3, -0.25) is 19.3 Å². The molecule has 1 saturated heterocycles. The summed E-state index contributed by atoms with van der Waals surface area (Å²) in [7, 11) is 5.31. The fourth-order valence-corrected chi connectivity index (χ4v) is 5.90. The molecule has 10 nitrogen and oxygen atoms in total. The molecule has 0 aliphatic carbocycles. The second-order valence-electron chi connectivity index (χ2n) is 13.7. The highest BCUT2D eigenvalue weighted by atomic mass is 16.4. The van der Waals surface area contributed by atoms with E-state index in [1.807, 2.05) is 90.7 Å². The fraction of sp³-hybridized carbons (Fsp3) is 0.688. The number of hydrogen-bond acceptors (Lipinski definition) is 6. The van der Waals surface area contributed by atoms with E-state index in [4.69, 9.17) is 0 Å². The van der Waals surface area contributed by atoms with E-state index in [0.717, 1.165) is 5.56 Å². The minimum atomic E-state index is -0.975. The summed E-state index contributed by atoms with van der Waals surface area (Å²) in [5.41, 5.74) is -0.0973. The molecule has 2 rings (SSSR count). The van der Waals surface area contributed by atoms with Crippen molar-refractivity contribution in [1.82, 2.24) is 25.3 Å². The van der Waals surface area contributed by atoms with Crippen molar-refractivity contribution in [2.75, 3.05) is 40.8 Å². The van der Waals surface area contributed by atoms with Gasteiger partial charge < -0.3 is 25.5 Å². The topological polar surface area (TPSA) is 122 Å². The Balaban J connectivity index is 2.20. The summed E-state index contributed by atoms with van der Waals surface area (Å²) >= 11 is 0. The lowest BCUT2D eigenvalue weighted by molar-refractivity contribution is -0.148. The number of hydrogen-bond donors (Lipinski definition) is 3. The number of carboxylic acid groups (broad SMARTS) is 1. The van der Waals surface area contributed by atoms with Crippen molar-refractivity contribution in [3.63, 3.8) is 0 Å². The Morgan fingerprint density at radius 3 is 2.12 bits per heavy atom. The van der Waals surface area contributed by atoms with Gasteiger partial charge >= 0.3 is 5.97 Å². The number of carboxylic acids is 1. The van der Waals surface area contributed by atoms with Crippen molar-refractivity contribution in [3.05, 3.63) is 35.9 Å². The third-order valence-corrected chi connectivity index (χ3v) is 8.57. The minimum Gasteiger partial charge on any atom is -0.480 e. The highest BCUT2D eigenvalue weighted by Gasteiger charge is 2.42. The Labute approximate surface area is 252 Å². The number of likely N-dealkylation sites (N-methyl/N-ethyl adjacent to an activating group) is 3. The first-order chi connectivity index (χ1) is 19.4. The number of carbonyl (C=O) groups excluding carboxylic acids is 3. The van der Waals surface area contributed by atoms with Gasteiger partial charge in [-0.15, -0.1) is 0 Å². The number of rotatable bonds is 13. The van der Waals surface area contributed by atoms with Gasteiger partial charge in [0.2, 0.25) is 17.7 Å². The molecule has 10 heteroatoms. The molecule has 2 unspecified atom stereocenters. The molecule has 1 aromatic rings. The summed E-state index contributed by atoms with van der Waals surface area (Å²) < 4.78 is 0. The van der Waals surface area contributed by atoms with Gasteiger partial charge in [0.05, 0.1) is 12.6 Å². The monoisotopic (exact) mass is 587 g/mol. The van der Waals surface area contributed by atoms with Gasteiger partial charge in [-0.1, -0.05) is 78.8 Å². The number of amides is 3. The molecule has 3 amide bonds. The first-order valence-corrected chi connectivity index (χ1v) is 14.9. The van der Waals surface area contributed by atoms with Crippen LogP contribution in [0.3, 0.4) is 0 Å². The summed E-state index contributed by atoms with van der Waals surface area (Å²) in [6, 6.07) is 7.44. The lowest BCUT2D eigenvalue weighted by Crippen LogP contribution is -2.62. The van der Waals surface area contributed by atoms with Crippen LogP contribution in [0.25, 0.3) is 0 Å². The highest BCUT2D eigenvalue weighted by Crippen LogP contribution is 2.29. The first kappa shape index (κ1) is 35.2. The molecule has 0 radical (unpaired) electrons. The van der Waals surface area contributed by atoms with Gasteiger partial charge in [-0.25, -0.2) is 4.79 Å². The Morgan fingerprint density at radius 2 is 1.62 bits per heavy atom. The molecule has 0 saturated carbocycles. The number of aliphatic carboxylic acids is 1. The first-order valence-electron chi connectivity index (χ1n) is 14.9. The van der Waals surface area contributed by atoms with E-state index in [2.05, 4.69) is 10.6 Å². The summed E-state index contributed by atoms with van der Waals surface area (Å²) in [6.07, 6.45) is 1.14. The quantitative estimate of drug-likeness (QED) is 0.324. The maximum absolute atomic E-state index is 14.1. The zero-order valence-electron chi connectivity index (χ0n) is 27.2. The summed E-state index contributed by atoms with van der Waals surface area (Å²) in [5.74, 6) is -1.59. The largest absolute Gasteiger partial charge is 0.480 e. The van der Waals surface area contributed by atoms with Crippen molar-refractivity contribution < 1.29 is 24.3 Å². The molecule has 42 heavy (non-hydrogen) atoms. The van der Waals surface area contributed by atoms with Gasteiger partial charge in [-0.05, 0) is 43.8 Å². The lowest BCUT2D eigenvalue weighted by Gasteiger charge is -2.41. The van der Waals surface area contributed by atoms with Crippen molar-refractivity contribution in [1.29, 1.82) is 0 Å². The van der Waals surface area contributed by atoms with Crippen LogP contribution in [0.1, 0.15) is 66.9 Å². The Kier molecular flexibility index (Phi) is 12.1. The number of benzene rings is 1. The van der Waals surface area contributed by atoms with Crippen LogP contribution in [0.4, 0.5) is 0 Å². The van der Waals surface area contributed by atoms with Crippen molar-refractivity contribution in [3.8, 4) is 0 Å². The van der Waals surface area contributed by atoms with Crippen LogP contribution in [0.2, 0.25) is 0 Å². The van der Waals surface area contributed by atoms with E-state index in [9.17, 15) is 24.3 Å². The van der Waals surface area contributed by atoms with Gasteiger partial charge in [-0.2, -0.15) is 0 Å². The van der Waals surface area contributed by atoms with Crippen LogP contribution < -0.4 is 10.6 Å². The van der Waals surface area contributed by atoms with Crippen molar-refractivity contribution in [2.24, 2.45) is 11.3 Å². The highest BCUT2D eigenvalue weighted by molar-refractivity contribution is 5.91. The molecule has 1 aliphatic heterocycles. The molecular weight excluding hydrogens is 534 g/mol. The third-order valence-electron chi connectivity index (χ3n) is 8.57. The van der Waals surface area contributed by atoms with E-state index in [-0.39, 0.29) is 36.2 Å². The SMILES string of the molecule is CN[C@H](C(=O)NC(C(=O)N(C)[C@H](CN(C)CC(=O)N1CCCC1C(=O)O)C(C)C)C(C)(C)C)C(C)(C)c1ccccc1. The normalized spacial score (nSPS) is 18.1. The smallest absolute Gasteiger partial charge is 0.326 e. The average molecular weight is 588 g/mol. The summed E-state index contributed by atoms with van der Waals surface area (Å²) in [4.78, 5) is 57.3. The van der Waals surface area contributed by atoms with Gasteiger partial charge in [0.1, 0.15) is 12.1 Å². The molecule has 1 aromatic carbocycles. The molecule has 4 atom stereocenters. The van der Waals surface area contributed by atoms with Crippen LogP contribution in [-0.2, 0) is 24.6 Å². The van der Waals surface area contributed by atoms with Crippen LogP contribution >= 0.6 is 0 Å². The molecule has 1 aliphatic rings. The van der Waals surface area contributed by atoms with Crippen LogP contribution in [0.5, 0.6) is 0 Å². The Bertz CT molecular complexity index is 1080.